The fraction of sp³-hybridized carbons (Fsp3) is 0.417. The summed E-state index contributed by atoms with van der Waals surface area (Å²) < 4.78 is 11.0. The second-order valence-electron chi connectivity index (χ2n) is 3.99. The molecule has 4 nitrogen and oxygen atoms in total. The summed E-state index contributed by atoms with van der Waals surface area (Å²) in [5.41, 5.74) is 6.58. The summed E-state index contributed by atoms with van der Waals surface area (Å²) in [7, 11) is 1.66. The molecule has 0 spiro atoms. The topological polar surface area (TPSA) is 68.3 Å². The molecule has 1 saturated carbocycles. The molecule has 0 heterocycles. The van der Waals surface area contributed by atoms with E-state index in [9.17, 15) is 0 Å². The van der Waals surface area contributed by atoms with Crippen molar-refractivity contribution < 1.29 is 9.47 Å². The minimum atomic E-state index is 0.0197. The van der Waals surface area contributed by atoms with Crippen LogP contribution in [0.15, 0.2) is 12.1 Å². The first-order chi connectivity index (χ1) is 8.15. The minimum absolute atomic E-state index is 0.0197. The molecule has 0 saturated heterocycles. The van der Waals surface area contributed by atoms with Crippen molar-refractivity contribution in [2.45, 2.75) is 25.0 Å². The Morgan fingerprint density at radius 3 is 2.65 bits per heavy atom. The maximum Gasteiger partial charge on any atom is 0.144 e. The van der Waals surface area contributed by atoms with Crippen molar-refractivity contribution in [2.24, 2.45) is 0 Å². The molecule has 0 aromatic heterocycles. The third-order valence-corrected chi connectivity index (χ3v) is 3.26. The van der Waals surface area contributed by atoms with E-state index in [2.05, 4.69) is 0 Å². The van der Waals surface area contributed by atoms with E-state index in [1.54, 1.807) is 13.2 Å². The highest BCUT2D eigenvalue weighted by molar-refractivity contribution is 6.32. The lowest BCUT2D eigenvalue weighted by molar-refractivity contribution is -0.0622. The second-order valence-corrected chi connectivity index (χ2v) is 4.40. The molecule has 0 bridgehead atoms. The van der Waals surface area contributed by atoms with Gasteiger partial charge in [0.1, 0.15) is 17.9 Å². The zero-order valence-electron chi connectivity index (χ0n) is 9.44. The highest BCUT2D eigenvalue weighted by Crippen LogP contribution is 2.34. The van der Waals surface area contributed by atoms with Crippen LogP contribution in [-0.2, 0) is 4.74 Å². The van der Waals surface area contributed by atoms with Gasteiger partial charge in [0.05, 0.1) is 22.4 Å². The average molecular weight is 253 g/mol. The normalized spacial score (nSPS) is 22.6. The van der Waals surface area contributed by atoms with Crippen molar-refractivity contribution in [1.82, 2.24) is 0 Å². The Labute approximate surface area is 105 Å². The van der Waals surface area contributed by atoms with E-state index in [-0.39, 0.29) is 12.2 Å². The van der Waals surface area contributed by atoms with Crippen molar-refractivity contribution in [3.8, 4) is 11.8 Å². The molecule has 5 heteroatoms. The van der Waals surface area contributed by atoms with Gasteiger partial charge in [-0.1, -0.05) is 11.6 Å². The third-order valence-electron chi connectivity index (χ3n) is 2.95. The van der Waals surface area contributed by atoms with E-state index < -0.39 is 0 Å². The highest BCUT2D eigenvalue weighted by Gasteiger charge is 2.33. The van der Waals surface area contributed by atoms with Gasteiger partial charge < -0.3 is 15.2 Å². The number of hydrogen-bond acceptors (Lipinski definition) is 4. The van der Waals surface area contributed by atoms with Gasteiger partial charge in [0.2, 0.25) is 0 Å². The Hall–Kier alpha value is -1.44. The monoisotopic (exact) mass is 252 g/mol. The van der Waals surface area contributed by atoms with Gasteiger partial charge in [0.15, 0.2) is 0 Å². The van der Waals surface area contributed by atoms with Gasteiger partial charge in [-0.15, -0.1) is 0 Å². The number of ether oxygens (including phenoxy) is 2. The Bertz CT molecular complexity index is 468. The number of nitriles is 1. The maximum atomic E-state index is 8.80. The Morgan fingerprint density at radius 2 is 2.12 bits per heavy atom. The minimum Gasteiger partial charge on any atom is -0.486 e. The summed E-state index contributed by atoms with van der Waals surface area (Å²) in [6, 6.07) is 5.08. The molecular weight excluding hydrogens is 240 g/mol. The Kier molecular flexibility index (Phi) is 3.41. The largest absolute Gasteiger partial charge is 0.486 e. The molecule has 2 rings (SSSR count). The van der Waals surface area contributed by atoms with Gasteiger partial charge in [0.25, 0.3) is 0 Å². The first kappa shape index (κ1) is 12.0. The van der Waals surface area contributed by atoms with Gasteiger partial charge in [-0.3, -0.25) is 0 Å². The maximum absolute atomic E-state index is 8.80. The van der Waals surface area contributed by atoms with E-state index >= 15 is 0 Å². The third kappa shape index (κ3) is 2.31. The number of rotatable bonds is 3. The zero-order chi connectivity index (χ0) is 12.4. The number of benzene rings is 1. The van der Waals surface area contributed by atoms with Crippen LogP contribution in [0, 0.1) is 11.3 Å². The molecule has 0 radical (unpaired) electrons. The van der Waals surface area contributed by atoms with Crippen LogP contribution in [0.5, 0.6) is 5.75 Å². The second kappa shape index (κ2) is 4.82. The number of hydrogen-bond donors (Lipinski definition) is 1. The van der Waals surface area contributed by atoms with Gasteiger partial charge in [-0.05, 0) is 18.9 Å². The first-order valence-electron chi connectivity index (χ1n) is 5.34. The van der Waals surface area contributed by atoms with Gasteiger partial charge in [-0.2, -0.15) is 5.26 Å². The summed E-state index contributed by atoms with van der Waals surface area (Å²) in [6.07, 6.45) is 2.07. The van der Waals surface area contributed by atoms with Crippen LogP contribution in [0.25, 0.3) is 0 Å². The lowest BCUT2D eigenvalue weighted by Gasteiger charge is -2.35. The molecular formula is C12H13ClN2O2. The number of methoxy groups -OCH3 is 1. The van der Waals surface area contributed by atoms with Crippen molar-refractivity contribution in [2.75, 3.05) is 12.8 Å². The van der Waals surface area contributed by atoms with Crippen molar-refractivity contribution in [3.05, 3.63) is 22.7 Å². The molecule has 0 aliphatic heterocycles. The lowest BCUT2D eigenvalue weighted by Crippen LogP contribution is -2.42. The molecule has 2 atom stereocenters. The van der Waals surface area contributed by atoms with E-state index in [1.807, 2.05) is 6.07 Å². The summed E-state index contributed by atoms with van der Waals surface area (Å²) in [4.78, 5) is 0. The molecule has 90 valence electrons. The number of nitrogens with zero attached hydrogens (tertiary/aromatic N) is 1. The first-order valence-corrected chi connectivity index (χ1v) is 5.72. The number of nitrogens with two attached hydrogens (primary N) is 1. The Morgan fingerprint density at radius 1 is 1.41 bits per heavy atom. The van der Waals surface area contributed by atoms with Crippen LogP contribution in [0.4, 0.5) is 5.69 Å². The van der Waals surface area contributed by atoms with Crippen molar-refractivity contribution >= 4 is 17.3 Å². The van der Waals surface area contributed by atoms with E-state index in [0.29, 0.717) is 22.0 Å². The van der Waals surface area contributed by atoms with Crippen LogP contribution in [0.2, 0.25) is 5.02 Å². The smallest absolute Gasteiger partial charge is 0.144 e. The van der Waals surface area contributed by atoms with Crippen molar-refractivity contribution in [1.29, 1.82) is 5.26 Å². The quantitative estimate of drug-likeness (QED) is 0.839. The molecule has 1 aliphatic carbocycles. The van der Waals surface area contributed by atoms with Crippen LogP contribution >= 0.6 is 11.6 Å². The predicted octanol–water partition coefficient (Wildman–Crippen LogP) is 2.35. The predicted molar refractivity (Wildman–Crippen MR) is 65.0 cm³/mol. The molecule has 1 fully saturated rings. The summed E-state index contributed by atoms with van der Waals surface area (Å²) in [5, 5.41) is 9.15. The fourth-order valence-electron chi connectivity index (χ4n) is 1.77. The van der Waals surface area contributed by atoms with E-state index in [4.69, 9.17) is 32.1 Å². The average Bonchev–Trinajstić information content (AvgIpc) is 2.28. The van der Waals surface area contributed by atoms with Crippen LogP contribution in [0.3, 0.4) is 0 Å². The SMILES string of the molecule is COC1CCC1Oc1cc(Cl)c(C#N)cc1N. The van der Waals surface area contributed by atoms with Crippen molar-refractivity contribution in [3.63, 3.8) is 0 Å². The molecule has 0 amide bonds. The molecule has 2 N–H and O–H groups in total. The van der Waals surface area contributed by atoms with Crippen LogP contribution < -0.4 is 10.5 Å². The molecule has 17 heavy (non-hydrogen) atoms. The lowest BCUT2D eigenvalue weighted by atomic mass is 9.92. The summed E-state index contributed by atoms with van der Waals surface area (Å²) in [6.45, 7) is 0. The molecule has 1 aliphatic rings. The highest BCUT2D eigenvalue weighted by atomic mass is 35.5. The number of anilines is 1. The van der Waals surface area contributed by atoms with Gasteiger partial charge in [0, 0.05) is 13.2 Å². The fourth-order valence-corrected chi connectivity index (χ4v) is 1.96. The Balaban J connectivity index is 2.17. The van der Waals surface area contributed by atoms with E-state index in [1.165, 1.54) is 6.07 Å². The summed E-state index contributed by atoms with van der Waals surface area (Å²) >= 11 is 5.93. The molecule has 1 aromatic rings. The zero-order valence-corrected chi connectivity index (χ0v) is 10.2. The molecule has 2 unspecified atom stereocenters. The number of nitrogen functional groups attached to an aromatic ring is 1. The summed E-state index contributed by atoms with van der Waals surface area (Å²) in [5.74, 6) is 0.515. The van der Waals surface area contributed by atoms with Crippen LogP contribution in [0.1, 0.15) is 18.4 Å². The van der Waals surface area contributed by atoms with E-state index in [0.717, 1.165) is 12.8 Å². The van der Waals surface area contributed by atoms with Gasteiger partial charge in [-0.25, -0.2) is 0 Å². The van der Waals surface area contributed by atoms with Crippen LogP contribution in [-0.4, -0.2) is 19.3 Å². The molecule has 1 aromatic carbocycles. The standard InChI is InChI=1S/C12H13ClN2O2/c1-16-10-2-3-11(10)17-12-5-8(13)7(6-14)4-9(12)15/h4-5,10-11H,2-3,15H2,1H3. The number of halogens is 1. The van der Waals surface area contributed by atoms with Gasteiger partial charge >= 0.3 is 0 Å².